The first-order chi connectivity index (χ1) is 6.74. The van der Waals surface area contributed by atoms with Crippen molar-refractivity contribution in [2.24, 2.45) is 0 Å². The minimum Gasteiger partial charge on any atom is -0.493 e. The number of methoxy groups -OCH3 is 2. The van der Waals surface area contributed by atoms with E-state index in [1.807, 2.05) is 19.1 Å². The molecule has 1 rings (SSSR count). The minimum atomic E-state index is 0.585. The van der Waals surface area contributed by atoms with E-state index >= 15 is 0 Å². The lowest BCUT2D eigenvalue weighted by Gasteiger charge is -2.13. The van der Waals surface area contributed by atoms with Gasteiger partial charge in [0.15, 0.2) is 11.5 Å². The smallest absolute Gasteiger partial charge is 0.204 e. The Morgan fingerprint density at radius 2 is 1.86 bits per heavy atom. The molecule has 0 aliphatic carbocycles. The van der Waals surface area contributed by atoms with Gasteiger partial charge in [-0.25, -0.2) is 0 Å². The maximum Gasteiger partial charge on any atom is 0.204 e. The van der Waals surface area contributed by atoms with E-state index in [1.165, 1.54) is 0 Å². The van der Waals surface area contributed by atoms with Crippen molar-refractivity contribution < 1.29 is 14.2 Å². The highest BCUT2D eigenvalue weighted by Gasteiger charge is 2.14. The van der Waals surface area contributed by atoms with E-state index in [0.29, 0.717) is 23.9 Å². The Morgan fingerprint density at radius 1 is 1.14 bits per heavy atom. The fraction of sp³-hybridized carbons (Fsp3) is 0.400. The third kappa shape index (κ3) is 2.12. The third-order valence-electron chi connectivity index (χ3n) is 1.74. The molecule has 14 heavy (non-hydrogen) atoms. The molecule has 0 aliphatic heterocycles. The molecule has 78 valence electrons. The summed E-state index contributed by atoms with van der Waals surface area (Å²) in [6, 6.07) is 3.69. The summed E-state index contributed by atoms with van der Waals surface area (Å²) < 4.78 is 16.7. The van der Waals surface area contributed by atoms with Crippen LogP contribution in [0.25, 0.3) is 0 Å². The van der Waals surface area contributed by atoms with Gasteiger partial charge in [-0.2, -0.15) is 0 Å². The van der Waals surface area contributed by atoms with Crippen molar-refractivity contribution in [2.75, 3.05) is 20.8 Å². The Bertz CT molecular complexity index is 312. The first-order valence-corrected chi connectivity index (χ1v) is 5.07. The lowest BCUT2D eigenvalue weighted by Crippen LogP contribution is -1.98. The van der Waals surface area contributed by atoms with E-state index in [9.17, 15) is 0 Å². The first-order valence-electron chi connectivity index (χ1n) is 4.27. The zero-order chi connectivity index (χ0) is 10.6. The summed E-state index contributed by atoms with van der Waals surface area (Å²) in [6.45, 7) is 2.51. The monoisotopic (exact) mass is 260 g/mol. The van der Waals surface area contributed by atoms with Crippen LogP contribution in [-0.4, -0.2) is 20.8 Å². The molecule has 0 fully saturated rings. The highest BCUT2D eigenvalue weighted by molar-refractivity contribution is 9.10. The molecule has 0 radical (unpaired) electrons. The van der Waals surface area contributed by atoms with Gasteiger partial charge in [0.25, 0.3) is 0 Å². The van der Waals surface area contributed by atoms with E-state index < -0.39 is 0 Å². The first kappa shape index (κ1) is 11.2. The van der Waals surface area contributed by atoms with E-state index in [-0.39, 0.29) is 0 Å². The Hall–Kier alpha value is -0.900. The van der Waals surface area contributed by atoms with Gasteiger partial charge < -0.3 is 14.2 Å². The van der Waals surface area contributed by atoms with Crippen LogP contribution < -0.4 is 14.2 Å². The van der Waals surface area contributed by atoms with Gasteiger partial charge in [-0.1, -0.05) is 0 Å². The average molecular weight is 261 g/mol. The fourth-order valence-corrected chi connectivity index (χ4v) is 1.58. The fourth-order valence-electron chi connectivity index (χ4n) is 1.15. The van der Waals surface area contributed by atoms with Crippen LogP contribution in [0.3, 0.4) is 0 Å². The zero-order valence-corrected chi connectivity index (χ0v) is 10.1. The van der Waals surface area contributed by atoms with E-state index in [2.05, 4.69) is 15.9 Å². The summed E-state index contributed by atoms with van der Waals surface area (Å²) in [4.78, 5) is 0. The molecule has 3 nitrogen and oxygen atoms in total. The molecule has 0 unspecified atom stereocenters. The molecule has 0 aliphatic rings. The van der Waals surface area contributed by atoms with Crippen molar-refractivity contribution in [1.82, 2.24) is 0 Å². The highest BCUT2D eigenvalue weighted by Crippen LogP contribution is 2.42. The standard InChI is InChI=1S/C10H13BrO3/c1-4-14-9-7(11)5-6-8(12-2)10(9)13-3/h5-6H,4H2,1-3H3. The molecule has 0 amide bonds. The van der Waals surface area contributed by atoms with Gasteiger partial charge in [0, 0.05) is 0 Å². The molecule has 0 N–H and O–H groups in total. The molecule has 0 heterocycles. The molecular weight excluding hydrogens is 248 g/mol. The SMILES string of the molecule is CCOc1c(Br)ccc(OC)c1OC. The molecule has 1 aromatic carbocycles. The molecule has 4 heteroatoms. The zero-order valence-electron chi connectivity index (χ0n) is 8.46. The maximum atomic E-state index is 5.45. The summed E-state index contributed by atoms with van der Waals surface area (Å²) in [5, 5.41) is 0. The summed E-state index contributed by atoms with van der Waals surface area (Å²) in [5.74, 6) is 1.96. The largest absolute Gasteiger partial charge is 0.493 e. The van der Waals surface area contributed by atoms with Crippen LogP contribution in [-0.2, 0) is 0 Å². The quantitative estimate of drug-likeness (QED) is 0.834. The van der Waals surface area contributed by atoms with E-state index in [4.69, 9.17) is 14.2 Å². The minimum absolute atomic E-state index is 0.585. The third-order valence-corrected chi connectivity index (χ3v) is 2.37. The predicted molar refractivity (Wildman–Crippen MR) is 58.4 cm³/mol. The topological polar surface area (TPSA) is 27.7 Å². The summed E-state index contributed by atoms with van der Waals surface area (Å²) >= 11 is 3.39. The second-order valence-electron chi connectivity index (χ2n) is 2.55. The normalized spacial score (nSPS) is 9.71. The molecule has 0 aromatic heterocycles. The van der Waals surface area contributed by atoms with Crippen molar-refractivity contribution in [3.05, 3.63) is 16.6 Å². The van der Waals surface area contributed by atoms with Crippen molar-refractivity contribution in [1.29, 1.82) is 0 Å². The van der Waals surface area contributed by atoms with Crippen LogP contribution >= 0.6 is 15.9 Å². The lowest BCUT2D eigenvalue weighted by molar-refractivity contribution is 0.295. The molecule has 0 atom stereocenters. The van der Waals surface area contributed by atoms with Crippen molar-refractivity contribution in [3.8, 4) is 17.2 Å². The average Bonchev–Trinajstić information content (AvgIpc) is 2.21. The van der Waals surface area contributed by atoms with Crippen LogP contribution in [0.15, 0.2) is 16.6 Å². The van der Waals surface area contributed by atoms with Crippen LogP contribution in [0.4, 0.5) is 0 Å². The number of halogens is 1. The number of rotatable bonds is 4. The second kappa shape index (κ2) is 5.10. The molecule has 1 aromatic rings. The van der Waals surface area contributed by atoms with Gasteiger partial charge in [-0.15, -0.1) is 0 Å². The Kier molecular flexibility index (Phi) is 4.07. The van der Waals surface area contributed by atoms with Crippen LogP contribution in [0.1, 0.15) is 6.92 Å². The molecule has 0 bridgehead atoms. The van der Waals surface area contributed by atoms with Gasteiger partial charge in [0.2, 0.25) is 5.75 Å². The van der Waals surface area contributed by atoms with Crippen LogP contribution in [0, 0.1) is 0 Å². The maximum absolute atomic E-state index is 5.45. The van der Waals surface area contributed by atoms with Crippen LogP contribution in [0.5, 0.6) is 17.2 Å². The molecular formula is C10H13BrO3. The molecule has 0 spiro atoms. The van der Waals surface area contributed by atoms with Gasteiger partial charge in [0.05, 0.1) is 25.3 Å². The Balaban J connectivity index is 3.20. The summed E-state index contributed by atoms with van der Waals surface area (Å²) in [6.07, 6.45) is 0. The number of benzene rings is 1. The van der Waals surface area contributed by atoms with Gasteiger partial charge in [-0.3, -0.25) is 0 Å². The predicted octanol–water partition coefficient (Wildman–Crippen LogP) is 2.87. The summed E-state index contributed by atoms with van der Waals surface area (Å²) in [5.41, 5.74) is 0. The van der Waals surface area contributed by atoms with Gasteiger partial charge in [0.1, 0.15) is 0 Å². The highest BCUT2D eigenvalue weighted by atomic mass is 79.9. The molecule has 0 saturated heterocycles. The summed E-state index contributed by atoms with van der Waals surface area (Å²) in [7, 11) is 3.19. The number of hydrogen-bond acceptors (Lipinski definition) is 3. The van der Waals surface area contributed by atoms with E-state index in [1.54, 1.807) is 14.2 Å². The number of hydrogen-bond donors (Lipinski definition) is 0. The Labute approximate surface area is 92.1 Å². The van der Waals surface area contributed by atoms with Gasteiger partial charge >= 0.3 is 0 Å². The van der Waals surface area contributed by atoms with Crippen molar-refractivity contribution in [3.63, 3.8) is 0 Å². The van der Waals surface area contributed by atoms with Gasteiger partial charge in [-0.05, 0) is 35.0 Å². The number of ether oxygens (including phenoxy) is 3. The van der Waals surface area contributed by atoms with Crippen molar-refractivity contribution in [2.45, 2.75) is 6.92 Å². The van der Waals surface area contributed by atoms with Crippen molar-refractivity contribution >= 4 is 15.9 Å². The van der Waals surface area contributed by atoms with E-state index in [0.717, 1.165) is 4.47 Å². The molecule has 0 saturated carbocycles. The second-order valence-corrected chi connectivity index (χ2v) is 3.40. The Morgan fingerprint density at radius 3 is 2.36 bits per heavy atom. The van der Waals surface area contributed by atoms with Crippen LogP contribution in [0.2, 0.25) is 0 Å². The lowest BCUT2D eigenvalue weighted by atomic mass is 10.3.